The molecule has 2 saturated heterocycles. The van der Waals surface area contributed by atoms with Crippen molar-refractivity contribution in [2.24, 2.45) is 0 Å². The maximum atomic E-state index is 11.6. The summed E-state index contributed by atoms with van der Waals surface area (Å²) in [6, 6.07) is 5.07. The summed E-state index contributed by atoms with van der Waals surface area (Å²) in [4.78, 5) is 44.8. The lowest BCUT2D eigenvalue weighted by molar-refractivity contribution is -0.143. The van der Waals surface area contributed by atoms with Crippen LogP contribution in [-0.4, -0.2) is 77.3 Å². The number of hydrogen-bond acceptors (Lipinski definition) is 8. The topological polar surface area (TPSA) is 154 Å². The number of nitrogens with one attached hydrogen (secondary N) is 2. The van der Waals surface area contributed by atoms with Crippen molar-refractivity contribution in [2.45, 2.75) is 83.3 Å². The summed E-state index contributed by atoms with van der Waals surface area (Å²) in [6.07, 6.45) is 9.39. The van der Waals surface area contributed by atoms with E-state index < -0.39 is 11.9 Å². The third-order valence-corrected chi connectivity index (χ3v) is 7.12. The minimum Gasteiger partial charge on any atom is -0.495 e. The molecule has 2 unspecified atom stereocenters. The SMILES string of the molecule is CCOC(=O)CCCCN1C2CCCC1CC(Nc1cc(Cl)c(NC(C)=O)cc1OC)C2.O=C(O)/C=C/C(=O)O. The van der Waals surface area contributed by atoms with E-state index in [0.29, 0.717) is 59.8 Å². The monoisotopic (exact) mass is 581 g/mol. The maximum Gasteiger partial charge on any atom is 0.328 e. The Balaban J connectivity index is 0.000000611. The van der Waals surface area contributed by atoms with Gasteiger partial charge in [0, 0.05) is 49.7 Å². The zero-order chi connectivity index (χ0) is 29.7. The number of halogens is 1. The fourth-order valence-electron chi connectivity index (χ4n) is 5.24. The van der Waals surface area contributed by atoms with E-state index in [9.17, 15) is 19.2 Å². The summed E-state index contributed by atoms with van der Waals surface area (Å²) in [5.74, 6) is -2.10. The fourth-order valence-corrected chi connectivity index (χ4v) is 5.45. The van der Waals surface area contributed by atoms with Crippen LogP contribution in [0.1, 0.15) is 65.2 Å². The number of carboxylic acid groups (broad SMARTS) is 2. The predicted octanol–water partition coefficient (Wildman–Crippen LogP) is 4.55. The number of rotatable bonds is 12. The van der Waals surface area contributed by atoms with Crippen LogP contribution in [0.25, 0.3) is 0 Å². The van der Waals surface area contributed by atoms with Crippen molar-refractivity contribution in [3.05, 3.63) is 29.3 Å². The molecule has 222 valence electrons. The summed E-state index contributed by atoms with van der Waals surface area (Å²) in [7, 11) is 1.62. The first-order valence-corrected chi connectivity index (χ1v) is 13.9. The number of benzene rings is 1. The van der Waals surface area contributed by atoms with Gasteiger partial charge in [0.1, 0.15) is 5.75 Å². The first-order chi connectivity index (χ1) is 19.0. The van der Waals surface area contributed by atoms with Gasteiger partial charge in [-0.3, -0.25) is 14.5 Å². The van der Waals surface area contributed by atoms with Crippen molar-refractivity contribution < 1.29 is 38.9 Å². The minimum absolute atomic E-state index is 0.0901. The van der Waals surface area contributed by atoms with Gasteiger partial charge in [0.05, 0.1) is 30.1 Å². The first-order valence-electron chi connectivity index (χ1n) is 13.5. The standard InChI is InChI=1S/C24H36ClN3O4.C4H4O4/c1-4-32-24(30)10-5-6-11-28-18-8-7-9-19(28)13-17(12-18)27-22-14-20(25)21(26-16(2)29)15-23(22)31-3;5-3(6)1-2-4(7)8/h14-15,17-19,27H,4-13H2,1-3H3,(H,26,29);1-2H,(H,5,6)(H,7,8)/b;2-1+. The van der Waals surface area contributed by atoms with Gasteiger partial charge in [-0.1, -0.05) is 18.0 Å². The quantitative estimate of drug-likeness (QED) is 0.157. The van der Waals surface area contributed by atoms with E-state index in [1.807, 2.05) is 13.0 Å². The number of carboxylic acids is 2. The average molecular weight is 582 g/mol. The second-order valence-electron chi connectivity index (χ2n) is 9.77. The van der Waals surface area contributed by atoms with Gasteiger partial charge in [-0.05, 0) is 58.1 Å². The second kappa shape index (κ2) is 16.7. The molecule has 3 rings (SSSR count). The van der Waals surface area contributed by atoms with Gasteiger partial charge in [0.15, 0.2) is 0 Å². The predicted molar refractivity (Wildman–Crippen MR) is 152 cm³/mol. The van der Waals surface area contributed by atoms with E-state index in [1.165, 1.54) is 26.2 Å². The molecule has 40 heavy (non-hydrogen) atoms. The third kappa shape index (κ3) is 11.1. The highest BCUT2D eigenvalue weighted by atomic mass is 35.5. The van der Waals surface area contributed by atoms with Crippen LogP contribution in [0.2, 0.25) is 5.02 Å². The molecular formula is C28H40ClN3O8. The summed E-state index contributed by atoms with van der Waals surface area (Å²) in [5, 5.41) is 22.5. The molecule has 1 amide bonds. The molecule has 0 aliphatic carbocycles. The molecule has 12 heteroatoms. The normalized spacial score (nSPS) is 20.1. The Hall–Kier alpha value is -3.31. The molecule has 2 bridgehead atoms. The molecule has 2 aliphatic heterocycles. The van der Waals surface area contributed by atoms with Crippen LogP contribution in [0.3, 0.4) is 0 Å². The maximum absolute atomic E-state index is 11.6. The largest absolute Gasteiger partial charge is 0.495 e. The number of carbonyl (C=O) groups excluding carboxylic acids is 2. The number of esters is 1. The van der Waals surface area contributed by atoms with E-state index in [-0.39, 0.29) is 11.9 Å². The molecule has 0 spiro atoms. The van der Waals surface area contributed by atoms with Gasteiger partial charge in [-0.25, -0.2) is 9.59 Å². The van der Waals surface area contributed by atoms with Crippen LogP contribution in [0.15, 0.2) is 24.3 Å². The number of aliphatic carboxylic acids is 2. The van der Waals surface area contributed by atoms with Crippen LogP contribution < -0.4 is 15.4 Å². The van der Waals surface area contributed by atoms with Crippen molar-refractivity contribution in [3.8, 4) is 5.75 Å². The molecule has 4 N–H and O–H groups in total. The Morgan fingerprint density at radius 3 is 2.20 bits per heavy atom. The Labute approximate surface area is 239 Å². The second-order valence-corrected chi connectivity index (χ2v) is 10.2. The average Bonchev–Trinajstić information content (AvgIpc) is 2.87. The molecule has 2 aliphatic rings. The van der Waals surface area contributed by atoms with Crippen LogP contribution in [0, 0.1) is 0 Å². The molecule has 1 aromatic carbocycles. The van der Waals surface area contributed by atoms with E-state index in [4.69, 9.17) is 31.3 Å². The van der Waals surface area contributed by atoms with E-state index in [1.54, 1.807) is 13.2 Å². The van der Waals surface area contributed by atoms with Gasteiger partial charge < -0.3 is 30.3 Å². The van der Waals surface area contributed by atoms with Crippen molar-refractivity contribution in [1.82, 2.24) is 4.90 Å². The molecular weight excluding hydrogens is 542 g/mol. The number of anilines is 2. The van der Waals surface area contributed by atoms with Crippen LogP contribution in [0.4, 0.5) is 11.4 Å². The Morgan fingerprint density at radius 2 is 1.68 bits per heavy atom. The molecule has 2 fully saturated rings. The van der Waals surface area contributed by atoms with Crippen molar-refractivity contribution >= 4 is 46.8 Å². The lowest BCUT2D eigenvalue weighted by Crippen LogP contribution is -2.55. The number of fused-ring (bicyclic) bond motifs is 2. The Bertz CT molecular complexity index is 1030. The highest BCUT2D eigenvalue weighted by Gasteiger charge is 2.38. The van der Waals surface area contributed by atoms with Gasteiger partial charge >= 0.3 is 17.9 Å². The highest BCUT2D eigenvalue weighted by Crippen LogP contribution is 2.39. The zero-order valence-electron chi connectivity index (χ0n) is 23.3. The third-order valence-electron chi connectivity index (χ3n) is 6.81. The molecule has 2 heterocycles. The summed E-state index contributed by atoms with van der Waals surface area (Å²) in [6.45, 7) is 4.80. The van der Waals surface area contributed by atoms with Crippen molar-refractivity contribution in [1.29, 1.82) is 0 Å². The number of unbranched alkanes of at least 4 members (excludes halogenated alkanes) is 1. The minimum atomic E-state index is -1.26. The van der Waals surface area contributed by atoms with Gasteiger partial charge in [0.25, 0.3) is 0 Å². The summed E-state index contributed by atoms with van der Waals surface area (Å²) in [5.41, 5.74) is 1.41. The van der Waals surface area contributed by atoms with Crippen molar-refractivity contribution in [2.75, 3.05) is 30.9 Å². The van der Waals surface area contributed by atoms with E-state index in [0.717, 1.165) is 37.9 Å². The lowest BCUT2D eigenvalue weighted by Gasteiger charge is -2.49. The number of carbonyl (C=O) groups is 4. The van der Waals surface area contributed by atoms with E-state index >= 15 is 0 Å². The summed E-state index contributed by atoms with van der Waals surface area (Å²) < 4.78 is 10.6. The van der Waals surface area contributed by atoms with Crippen LogP contribution >= 0.6 is 11.6 Å². The van der Waals surface area contributed by atoms with Crippen LogP contribution in [-0.2, 0) is 23.9 Å². The smallest absolute Gasteiger partial charge is 0.328 e. The van der Waals surface area contributed by atoms with Gasteiger partial charge in [-0.15, -0.1) is 0 Å². The molecule has 11 nitrogen and oxygen atoms in total. The fraction of sp³-hybridized carbons (Fsp3) is 0.571. The molecule has 1 aromatic rings. The van der Waals surface area contributed by atoms with Gasteiger partial charge in [-0.2, -0.15) is 0 Å². The number of piperidine rings is 2. The lowest BCUT2D eigenvalue weighted by atomic mass is 9.81. The number of amides is 1. The molecule has 0 saturated carbocycles. The van der Waals surface area contributed by atoms with Gasteiger partial charge in [0.2, 0.25) is 5.91 Å². The molecule has 0 radical (unpaired) electrons. The molecule has 0 aromatic heterocycles. The number of hydrogen-bond donors (Lipinski definition) is 4. The Kier molecular flexibility index (Phi) is 13.7. The van der Waals surface area contributed by atoms with E-state index in [2.05, 4.69) is 15.5 Å². The molecule has 2 atom stereocenters. The first kappa shape index (κ1) is 32.9. The number of nitrogens with zero attached hydrogens (tertiary/aromatic N) is 1. The van der Waals surface area contributed by atoms with Crippen LogP contribution in [0.5, 0.6) is 5.75 Å². The number of methoxy groups -OCH3 is 1. The Morgan fingerprint density at radius 1 is 1.05 bits per heavy atom. The zero-order valence-corrected chi connectivity index (χ0v) is 24.0. The number of ether oxygens (including phenoxy) is 2. The summed E-state index contributed by atoms with van der Waals surface area (Å²) >= 11 is 6.40. The van der Waals surface area contributed by atoms with Crippen molar-refractivity contribution in [3.63, 3.8) is 0 Å². The highest BCUT2D eigenvalue weighted by molar-refractivity contribution is 6.34.